The maximum Gasteiger partial charge on any atom is 0.243 e. The summed E-state index contributed by atoms with van der Waals surface area (Å²) in [6, 6.07) is 9.27. The molecule has 156 valence electrons. The zero-order valence-electron chi connectivity index (χ0n) is 16.3. The van der Waals surface area contributed by atoms with E-state index < -0.39 is 10.0 Å². The van der Waals surface area contributed by atoms with E-state index in [1.807, 2.05) is 0 Å². The summed E-state index contributed by atoms with van der Waals surface area (Å²) in [5.41, 5.74) is 0.494. The van der Waals surface area contributed by atoms with E-state index in [0.717, 1.165) is 30.0 Å². The first-order valence-corrected chi connectivity index (χ1v) is 11.0. The van der Waals surface area contributed by atoms with Crippen LogP contribution in [-0.4, -0.2) is 37.1 Å². The fraction of sp³-hybridized carbons (Fsp3) is 0.400. The molecule has 1 saturated carbocycles. The topological polar surface area (TPSA) is 109 Å². The molecule has 1 aromatic heterocycles. The molecule has 9 heteroatoms. The van der Waals surface area contributed by atoms with Crippen LogP contribution in [0.25, 0.3) is 0 Å². The molecule has 0 spiro atoms. The minimum absolute atomic E-state index is 0.0341. The number of nitrogens with one attached hydrogen (secondary N) is 2. The summed E-state index contributed by atoms with van der Waals surface area (Å²) in [4.78, 5) is 23.7. The lowest BCUT2D eigenvalue weighted by atomic mass is 10.2. The van der Waals surface area contributed by atoms with Crippen LogP contribution >= 0.6 is 0 Å². The van der Waals surface area contributed by atoms with Gasteiger partial charge in [0, 0.05) is 18.7 Å². The Bertz CT molecular complexity index is 933. The molecule has 0 saturated heterocycles. The van der Waals surface area contributed by atoms with Crippen LogP contribution in [0.2, 0.25) is 0 Å². The van der Waals surface area contributed by atoms with Crippen LogP contribution < -0.4 is 10.6 Å². The number of hydrogen-bond donors (Lipinski definition) is 2. The number of furan rings is 1. The van der Waals surface area contributed by atoms with Crippen molar-refractivity contribution in [3.05, 3.63) is 48.4 Å². The van der Waals surface area contributed by atoms with E-state index in [1.165, 1.54) is 37.5 Å². The highest BCUT2D eigenvalue weighted by Crippen LogP contribution is 2.21. The number of amides is 2. The van der Waals surface area contributed by atoms with Crippen LogP contribution in [-0.2, 0) is 26.2 Å². The zero-order chi connectivity index (χ0) is 20.9. The third kappa shape index (κ3) is 5.68. The van der Waals surface area contributed by atoms with Crippen LogP contribution in [0.5, 0.6) is 0 Å². The summed E-state index contributed by atoms with van der Waals surface area (Å²) >= 11 is 0. The molecule has 2 N–H and O–H groups in total. The van der Waals surface area contributed by atoms with E-state index in [1.54, 1.807) is 12.1 Å². The predicted molar refractivity (Wildman–Crippen MR) is 107 cm³/mol. The van der Waals surface area contributed by atoms with Gasteiger partial charge >= 0.3 is 0 Å². The van der Waals surface area contributed by atoms with E-state index in [-0.39, 0.29) is 35.8 Å². The van der Waals surface area contributed by atoms with Gasteiger partial charge in [0.25, 0.3) is 0 Å². The van der Waals surface area contributed by atoms with E-state index in [2.05, 4.69) is 10.6 Å². The Morgan fingerprint density at radius 3 is 2.41 bits per heavy atom. The van der Waals surface area contributed by atoms with Gasteiger partial charge in [0.15, 0.2) is 0 Å². The summed E-state index contributed by atoms with van der Waals surface area (Å²) in [5.74, 6) is -0.136. The minimum atomic E-state index is -3.95. The smallest absolute Gasteiger partial charge is 0.243 e. The van der Waals surface area contributed by atoms with Gasteiger partial charge in [-0.25, -0.2) is 8.42 Å². The first-order valence-electron chi connectivity index (χ1n) is 9.54. The molecular weight excluding hydrogens is 394 g/mol. The van der Waals surface area contributed by atoms with Crippen molar-refractivity contribution < 1.29 is 22.4 Å². The van der Waals surface area contributed by atoms with Crippen molar-refractivity contribution in [2.75, 3.05) is 11.9 Å². The van der Waals surface area contributed by atoms with Crippen LogP contribution in [0, 0.1) is 0 Å². The molecule has 1 aliphatic rings. The highest BCUT2D eigenvalue weighted by Gasteiger charge is 2.29. The Labute approximate surface area is 170 Å². The summed E-state index contributed by atoms with van der Waals surface area (Å²) in [6.45, 7) is 1.02. The summed E-state index contributed by atoms with van der Waals surface area (Å²) in [5, 5.41) is 5.52. The largest absolute Gasteiger partial charge is 0.468 e. The van der Waals surface area contributed by atoms with Crippen molar-refractivity contribution in [1.82, 2.24) is 9.62 Å². The van der Waals surface area contributed by atoms with Gasteiger partial charge in [-0.1, -0.05) is 12.8 Å². The molecular formula is C20H25N3O5S. The molecule has 1 aromatic carbocycles. The average molecular weight is 420 g/mol. The first kappa shape index (κ1) is 21.1. The fourth-order valence-corrected chi connectivity index (χ4v) is 4.73. The number of anilines is 1. The number of carbonyl (C=O) groups excluding carboxylic acids is 2. The van der Waals surface area contributed by atoms with Gasteiger partial charge < -0.3 is 15.1 Å². The second kappa shape index (κ2) is 9.23. The van der Waals surface area contributed by atoms with Crippen LogP contribution in [0.15, 0.2) is 52.0 Å². The number of nitrogens with zero attached hydrogens (tertiary/aromatic N) is 1. The SMILES string of the molecule is CC(=O)Nc1ccc(S(=O)(=O)N(CC(=O)NC2CCCC2)Cc2ccco2)cc1. The van der Waals surface area contributed by atoms with Crippen LogP contribution in [0.1, 0.15) is 38.4 Å². The maximum atomic E-state index is 13.2. The van der Waals surface area contributed by atoms with Crippen molar-refractivity contribution in [2.45, 2.75) is 50.1 Å². The molecule has 3 rings (SSSR count). The Hall–Kier alpha value is -2.65. The molecule has 1 fully saturated rings. The van der Waals surface area contributed by atoms with E-state index in [9.17, 15) is 18.0 Å². The lowest BCUT2D eigenvalue weighted by Crippen LogP contribution is -2.43. The molecule has 0 atom stereocenters. The summed E-state index contributed by atoms with van der Waals surface area (Å²) in [6.07, 6.45) is 5.43. The van der Waals surface area contributed by atoms with Gasteiger partial charge in [0.05, 0.1) is 24.2 Å². The molecule has 8 nitrogen and oxygen atoms in total. The van der Waals surface area contributed by atoms with Crippen LogP contribution in [0.3, 0.4) is 0 Å². The van der Waals surface area contributed by atoms with Crippen molar-refractivity contribution >= 4 is 27.5 Å². The quantitative estimate of drug-likeness (QED) is 0.683. The lowest BCUT2D eigenvalue weighted by molar-refractivity contribution is -0.122. The molecule has 2 amide bonds. The van der Waals surface area contributed by atoms with Crippen molar-refractivity contribution in [2.24, 2.45) is 0 Å². The van der Waals surface area contributed by atoms with Crippen molar-refractivity contribution in [3.8, 4) is 0 Å². The molecule has 0 bridgehead atoms. The zero-order valence-corrected chi connectivity index (χ0v) is 17.1. The number of sulfonamides is 1. The standard InChI is InChI=1S/C20H25N3O5S/c1-15(24)21-17-8-10-19(11-9-17)29(26,27)23(13-18-7-4-12-28-18)14-20(25)22-16-5-2-3-6-16/h4,7-12,16H,2-3,5-6,13-14H2,1H3,(H,21,24)(H,22,25). The number of hydrogen-bond acceptors (Lipinski definition) is 5. The normalized spacial score (nSPS) is 14.8. The van der Waals surface area contributed by atoms with Gasteiger partial charge in [-0.15, -0.1) is 0 Å². The van der Waals surface area contributed by atoms with Crippen LogP contribution in [0.4, 0.5) is 5.69 Å². The highest BCUT2D eigenvalue weighted by atomic mass is 32.2. The Morgan fingerprint density at radius 2 is 1.83 bits per heavy atom. The highest BCUT2D eigenvalue weighted by molar-refractivity contribution is 7.89. The second-order valence-electron chi connectivity index (χ2n) is 7.11. The average Bonchev–Trinajstić information content (AvgIpc) is 3.35. The van der Waals surface area contributed by atoms with E-state index in [4.69, 9.17) is 4.42 Å². The molecule has 1 heterocycles. The van der Waals surface area contributed by atoms with Gasteiger partial charge in [-0.3, -0.25) is 9.59 Å². The number of carbonyl (C=O) groups is 2. The molecule has 2 aromatic rings. The van der Waals surface area contributed by atoms with Gasteiger partial charge in [0.2, 0.25) is 21.8 Å². The summed E-state index contributed by atoms with van der Waals surface area (Å²) in [7, 11) is -3.95. The molecule has 0 unspecified atom stereocenters. The lowest BCUT2D eigenvalue weighted by Gasteiger charge is -2.22. The van der Waals surface area contributed by atoms with E-state index in [0.29, 0.717) is 11.4 Å². The molecule has 0 radical (unpaired) electrons. The Morgan fingerprint density at radius 1 is 1.14 bits per heavy atom. The predicted octanol–water partition coefficient (Wildman–Crippen LogP) is 2.49. The van der Waals surface area contributed by atoms with Crippen molar-refractivity contribution in [1.29, 1.82) is 0 Å². The maximum absolute atomic E-state index is 13.2. The fourth-order valence-electron chi connectivity index (χ4n) is 3.37. The third-order valence-electron chi connectivity index (χ3n) is 4.76. The Kier molecular flexibility index (Phi) is 6.71. The molecule has 1 aliphatic carbocycles. The summed E-state index contributed by atoms with van der Waals surface area (Å²) < 4.78 is 32.8. The number of benzene rings is 1. The van der Waals surface area contributed by atoms with Gasteiger partial charge in [-0.2, -0.15) is 4.31 Å². The Balaban J connectivity index is 1.79. The van der Waals surface area contributed by atoms with Gasteiger partial charge in [-0.05, 0) is 49.2 Å². The molecule has 0 aliphatic heterocycles. The van der Waals surface area contributed by atoms with Gasteiger partial charge in [0.1, 0.15) is 5.76 Å². The minimum Gasteiger partial charge on any atom is -0.468 e. The molecule has 29 heavy (non-hydrogen) atoms. The first-order chi connectivity index (χ1) is 13.8. The van der Waals surface area contributed by atoms with Crippen molar-refractivity contribution in [3.63, 3.8) is 0 Å². The number of rotatable bonds is 8. The second-order valence-corrected chi connectivity index (χ2v) is 9.04. The third-order valence-corrected chi connectivity index (χ3v) is 6.57. The van der Waals surface area contributed by atoms with E-state index >= 15 is 0 Å². The monoisotopic (exact) mass is 419 g/mol.